The van der Waals surface area contributed by atoms with Crippen LogP contribution in [0.2, 0.25) is 5.02 Å². The molecule has 1 aromatic carbocycles. The molecule has 0 aliphatic rings. The summed E-state index contributed by atoms with van der Waals surface area (Å²) in [5.41, 5.74) is 0.469. The molecule has 0 heterocycles. The molecule has 0 unspecified atom stereocenters. The summed E-state index contributed by atoms with van der Waals surface area (Å²) in [6.07, 6.45) is 0. The second-order valence-corrected chi connectivity index (χ2v) is 7.36. The van der Waals surface area contributed by atoms with Gasteiger partial charge in [-0.3, -0.25) is 10.1 Å². The number of nitrogens with zero attached hydrogens (tertiary/aromatic N) is 2. The van der Waals surface area contributed by atoms with Crippen molar-refractivity contribution in [2.45, 2.75) is 19.9 Å². The first kappa shape index (κ1) is 16.7. The highest BCUT2D eigenvalue weighted by molar-refractivity contribution is 7.91. The summed E-state index contributed by atoms with van der Waals surface area (Å²) in [6.45, 7) is 3.37. The molecule has 0 saturated heterocycles. The number of non-ortho nitro benzene ring substituents is 1. The van der Waals surface area contributed by atoms with Gasteiger partial charge < -0.3 is 4.90 Å². The van der Waals surface area contributed by atoms with Gasteiger partial charge in [-0.05, 0) is 13.0 Å². The van der Waals surface area contributed by atoms with Crippen LogP contribution in [0, 0.1) is 10.1 Å². The maximum absolute atomic E-state index is 11.6. The van der Waals surface area contributed by atoms with Gasteiger partial charge in [0.2, 0.25) is 0 Å². The zero-order chi connectivity index (χ0) is 15.5. The predicted octanol–water partition coefficient (Wildman–Crippen LogP) is 2.51. The summed E-state index contributed by atoms with van der Waals surface area (Å²) in [5, 5.41) is 10.9. The van der Waals surface area contributed by atoms with E-state index in [0.29, 0.717) is 5.69 Å². The van der Waals surface area contributed by atoms with E-state index in [4.69, 9.17) is 11.6 Å². The van der Waals surface area contributed by atoms with Crippen LogP contribution in [0.4, 0.5) is 11.4 Å². The van der Waals surface area contributed by atoms with Gasteiger partial charge in [0.25, 0.3) is 5.69 Å². The topological polar surface area (TPSA) is 80.5 Å². The lowest BCUT2D eigenvalue weighted by molar-refractivity contribution is -0.384. The van der Waals surface area contributed by atoms with E-state index in [0.717, 1.165) is 0 Å². The average Bonchev–Trinajstić information content (AvgIpc) is 2.37. The Kier molecular flexibility index (Phi) is 5.35. The van der Waals surface area contributed by atoms with Crippen molar-refractivity contribution in [2.75, 3.05) is 23.5 Å². The van der Waals surface area contributed by atoms with Crippen LogP contribution < -0.4 is 4.90 Å². The fraction of sp³-hybridized carbons (Fsp3) is 0.500. The molecule has 0 N–H and O–H groups in total. The molecule has 20 heavy (non-hydrogen) atoms. The molecule has 112 valence electrons. The molecule has 8 heteroatoms. The van der Waals surface area contributed by atoms with Crippen molar-refractivity contribution >= 4 is 32.8 Å². The van der Waals surface area contributed by atoms with Gasteiger partial charge in [0.05, 0.1) is 21.4 Å². The molecule has 0 saturated carbocycles. The standard InChI is InChI=1S/C12H17ClN2O4S/c1-4-20(18,19)8-9(2)14(3)12-6-5-10(15(16)17)7-11(12)13/h5-7,9H,4,8H2,1-3H3/t9-/m1/s1. The monoisotopic (exact) mass is 320 g/mol. The average molecular weight is 321 g/mol. The lowest BCUT2D eigenvalue weighted by Crippen LogP contribution is -2.35. The van der Waals surface area contributed by atoms with Crippen LogP contribution in [0.5, 0.6) is 0 Å². The summed E-state index contributed by atoms with van der Waals surface area (Å²) in [4.78, 5) is 11.8. The maximum Gasteiger partial charge on any atom is 0.271 e. The van der Waals surface area contributed by atoms with Crippen molar-refractivity contribution in [1.29, 1.82) is 0 Å². The number of hydrogen-bond donors (Lipinski definition) is 0. The smallest absolute Gasteiger partial charge is 0.271 e. The lowest BCUT2D eigenvalue weighted by Gasteiger charge is -2.27. The van der Waals surface area contributed by atoms with Crippen molar-refractivity contribution < 1.29 is 13.3 Å². The highest BCUT2D eigenvalue weighted by atomic mass is 35.5. The molecule has 0 aliphatic heterocycles. The number of rotatable bonds is 6. The molecule has 1 atom stereocenters. The third-order valence-electron chi connectivity index (χ3n) is 3.12. The van der Waals surface area contributed by atoms with E-state index >= 15 is 0 Å². The molecule has 1 rings (SSSR count). The normalized spacial score (nSPS) is 13.0. The fourth-order valence-electron chi connectivity index (χ4n) is 1.73. The molecular formula is C12H17ClN2O4S. The lowest BCUT2D eigenvalue weighted by atomic mass is 10.2. The zero-order valence-electron chi connectivity index (χ0n) is 11.5. The first-order chi connectivity index (χ1) is 9.18. The Morgan fingerprint density at radius 3 is 2.50 bits per heavy atom. The molecule has 0 aliphatic carbocycles. The summed E-state index contributed by atoms with van der Waals surface area (Å²) >= 11 is 6.02. The van der Waals surface area contributed by atoms with Crippen molar-refractivity contribution in [3.05, 3.63) is 33.3 Å². The Labute approximate surface area is 123 Å². The molecule has 0 fully saturated rings. The largest absolute Gasteiger partial charge is 0.370 e. The minimum absolute atomic E-state index is 0.00726. The van der Waals surface area contributed by atoms with Crippen molar-refractivity contribution in [1.82, 2.24) is 0 Å². The second kappa shape index (κ2) is 6.41. The Balaban J connectivity index is 2.97. The summed E-state index contributed by atoms with van der Waals surface area (Å²) in [5.74, 6) is 0.0898. The van der Waals surface area contributed by atoms with E-state index in [-0.39, 0.29) is 28.3 Å². The fourth-order valence-corrected chi connectivity index (χ4v) is 3.23. The van der Waals surface area contributed by atoms with E-state index in [1.807, 2.05) is 0 Å². The van der Waals surface area contributed by atoms with E-state index in [1.54, 1.807) is 25.8 Å². The van der Waals surface area contributed by atoms with Crippen LogP contribution >= 0.6 is 11.6 Å². The minimum Gasteiger partial charge on any atom is -0.370 e. The highest BCUT2D eigenvalue weighted by Crippen LogP contribution is 2.30. The predicted molar refractivity (Wildman–Crippen MR) is 80.3 cm³/mol. The van der Waals surface area contributed by atoms with Crippen LogP contribution in [0.3, 0.4) is 0 Å². The SMILES string of the molecule is CCS(=O)(=O)C[C@@H](C)N(C)c1ccc([N+](=O)[O-])cc1Cl. The van der Waals surface area contributed by atoms with Gasteiger partial charge in [0, 0.05) is 31.0 Å². The van der Waals surface area contributed by atoms with Crippen molar-refractivity contribution in [2.24, 2.45) is 0 Å². The summed E-state index contributed by atoms with van der Waals surface area (Å²) < 4.78 is 23.2. The highest BCUT2D eigenvalue weighted by Gasteiger charge is 2.20. The van der Waals surface area contributed by atoms with Gasteiger partial charge in [-0.15, -0.1) is 0 Å². The first-order valence-corrected chi connectivity index (χ1v) is 8.25. The molecule has 1 aromatic rings. The number of nitro groups is 1. The number of benzene rings is 1. The quantitative estimate of drug-likeness (QED) is 0.594. The summed E-state index contributed by atoms with van der Waals surface area (Å²) in [7, 11) is -1.39. The Bertz CT molecular complexity index is 603. The Morgan fingerprint density at radius 1 is 1.45 bits per heavy atom. The van der Waals surface area contributed by atoms with Crippen LogP contribution in [0.25, 0.3) is 0 Å². The Morgan fingerprint density at radius 2 is 2.05 bits per heavy atom. The number of hydrogen-bond acceptors (Lipinski definition) is 5. The van der Waals surface area contributed by atoms with E-state index in [9.17, 15) is 18.5 Å². The molecule has 0 spiro atoms. The van der Waals surface area contributed by atoms with Gasteiger partial charge in [0.1, 0.15) is 0 Å². The van der Waals surface area contributed by atoms with Crippen LogP contribution in [0.15, 0.2) is 18.2 Å². The van der Waals surface area contributed by atoms with E-state index < -0.39 is 14.8 Å². The first-order valence-electron chi connectivity index (χ1n) is 6.05. The number of nitro benzene ring substituents is 1. The van der Waals surface area contributed by atoms with Gasteiger partial charge in [0.15, 0.2) is 9.84 Å². The maximum atomic E-state index is 11.6. The van der Waals surface area contributed by atoms with Crippen LogP contribution in [-0.4, -0.2) is 37.9 Å². The van der Waals surface area contributed by atoms with E-state index in [1.165, 1.54) is 18.2 Å². The van der Waals surface area contributed by atoms with Crippen LogP contribution in [0.1, 0.15) is 13.8 Å². The van der Waals surface area contributed by atoms with Crippen molar-refractivity contribution in [3.63, 3.8) is 0 Å². The summed E-state index contributed by atoms with van der Waals surface area (Å²) in [6, 6.07) is 3.85. The molecule has 6 nitrogen and oxygen atoms in total. The third kappa shape index (κ3) is 4.08. The molecule has 0 radical (unpaired) electrons. The number of anilines is 1. The third-order valence-corrected chi connectivity index (χ3v) is 5.29. The molecule has 0 aromatic heterocycles. The van der Waals surface area contributed by atoms with Crippen molar-refractivity contribution in [3.8, 4) is 0 Å². The molecule has 0 bridgehead atoms. The van der Waals surface area contributed by atoms with Crippen LogP contribution in [-0.2, 0) is 9.84 Å². The zero-order valence-corrected chi connectivity index (χ0v) is 13.1. The Hall–Kier alpha value is -1.34. The van der Waals surface area contributed by atoms with E-state index in [2.05, 4.69) is 0 Å². The number of sulfone groups is 1. The minimum atomic E-state index is -3.10. The van der Waals surface area contributed by atoms with Gasteiger partial charge in [-0.1, -0.05) is 18.5 Å². The molecular weight excluding hydrogens is 304 g/mol. The number of halogens is 1. The molecule has 0 amide bonds. The van der Waals surface area contributed by atoms with Gasteiger partial charge in [-0.2, -0.15) is 0 Å². The van der Waals surface area contributed by atoms with Gasteiger partial charge in [-0.25, -0.2) is 8.42 Å². The second-order valence-electron chi connectivity index (χ2n) is 4.55. The van der Waals surface area contributed by atoms with Gasteiger partial charge >= 0.3 is 0 Å².